The van der Waals surface area contributed by atoms with Crippen LogP contribution in [0.3, 0.4) is 0 Å². The van der Waals surface area contributed by atoms with E-state index in [4.69, 9.17) is 14.6 Å². The smallest absolute Gasteiger partial charge is 0.326 e. The molecule has 0 aliphatic carbocycles. The first kappa shape index (κ1) is 25.0. The zero-order valence-electron chi connectivity index (χ0n) is 18.0. The van der Waals surface area contributed by atoms with E-state index in [0.717, 1.165) is 22.0 Å². The standard InChI is InChI=1S/C21H23N3O6S3/c1-3-30-20(26)13-24-17-9-8-16(33(22,27)28)12-18(17)32-21(24)23-19(25)10-11-31-15-6-4-14(29-2)5-7-15/h4-9,12H,3,10-11,13H2,1-2H3,(H2,22,27,28). The van der Waals surface area contributed by atoms with Crippen LogP contribution in [0.5, 0.6) is 5.75 Å². The number of primary sulfonamides is 1. The Balaban J connectivity index is 1.84. The Morgan fingerprint density at radius 1 is 1.18 bits per heavy atom. The van der Waals surface area contributed by atoms with Crippen LogP contribution >= 0.6 is 23.1 Å². The Bertz CT molecular complexity index is 1330. The highest BCUT2D eigenvalue weighted by Crippen LogP contribution is 2.23. The van der Waals surface area contributed by atoms with Crippen LogP contribution in [0, 0.1) is 0 Å². The summed E-state index contributed by atoms with van der Waals surface area (Å²) in [5.41, 5.74) is 0.555. The zero-order valence-corrected chi connectivity index (χ0v) is 20.5. The minimum absolute atomic E-state index is 0.0618. The number of nitrogens with zero attached hydrogens (tertiary/aromatic N) is 2. The van der Waals surface area contributed by atoms with Crippen molar-refractivity contribution in [1.29, 1.82) is 0 Å². The Kier molecular flexibility index (Phi) is 8.30. The second kappa shape index (κ2) is 11.0. The van der Waals surface area contributed by atoms with E-state index < -0.39 is 16.0 Å². The van der Waals surface area contributed by atoms with Crippen LogP contribution in [0.15, 0.2) is 57.2 Å². The summed E-state index contributed by atoms with van der Waals surface area (Å²) in [7, 11) is -2.30. The molecule has 0 saturated heterocycles. The highest BCUT2D eigenvalue weighted by atomic mass is 32.2. The number of carbonyl (C=O) groups is 2. The van der Waals surface area contributed by atoms with Crippen LogP contribution in [0.25, 0.3) is 10.2 Å². The number of benzene rings is 2. The Hall–Kier alpha value is -2.67. The third kappa shape index (κ3) is 6.67. The number of thioether (sulfide) groups is 1. The van der Waals surface area contributed by atoms with Gasteiger partial charge in [-0.3, -0.25) is 9.59 Å². The molecule has 0 unspecified atom stereocenters. The molecule has 0 saturated carbocycles. The van der Waals surface area contributed by atoms with Gasteiger partial charge in [0.1, 0.15) is 12.3 Å². The molecule has 1 aromatic heterocycles. The Morgan fingerprint density at radius 2 is 1.91 bits per heavy atom. The van der Waals surface area contributed by atoms with Crippen molar-refractivity contribution in [3.63, 3.8) is 0 Å². The molecule has 0 spiro atoms. The fourth-order valence-corrected chi connectivity index (χ4v) is 5.44. The summed E-state index contributed by atoms with van der Waals surface area (Å²) in [4.78, 5) is 30.0. The lowest BCUT2D eigenvalue weighted by Crippen LogP contribution is -2.23. The minimum Gasteiger partial charge on any atom is -0.497 e. The normalized spacial score (nSPS) is 12.2. The first-order valence-corrected chi connectivity index (χ1v) is 13.2. The lowest BCUT2D eigenvalue weighted by Gasteiger charge is -2.05. The molecule has 0 radical (unpaired) electrons. The van der Waals surface area contributed by atoms with Crippen LogP contribution in [-0.4, -0.2) is 44.3 Å². The second-order valence-electron chi connectivity index (χ2n) is 6.73. The Morgan fingerprint density at radius 3 is 2.55 bits per heavy atom. The molecule has 33 heavy (non-hydrogen) atoms. The van der Waals surface area contributed by atoms with Gasteiger partial charge in [-0.15, -0.1) is 11.8 Å². The van der Waals surface area contributed by atoms with Gasteiger partial charge in [-0.1, -0.05) is 11.3 Å². The van der Waals surface area contributed by atoms with Gasteiger partial charge in [0.05, 0.1) is 28.8 Å². The van der Waals surface area contributed by atoms with Gasteiger partial charge in [-0.25, -0.2) is 13.6 Å². The number of amides is 1. The van der Waals surface area contributed by atoms with Crippen molar-refractivity contribution in [1.82, 2.24) is 4.57 Å². The molecule has 0 aliphatic heterocycles. The third-order valence-electron chi connectivity index (χ3n) is 4.44. The molecule has 2 aromatic carbocycles. The summed E-state index contributed by atoms with van der Waals surface area (Å²) in [6.45, 7) is 1.75. The monoisotopic (exact) mass is 509 g/mol. The number of thiazole rings is 1. The van der Waals surface area contributed by atoms with Crippen molar-refractivity contribution in [2.75, 3.05) is 19.5 Å². The summed E-state index contributed by atoms with van der Waals surface area (Å²) in [5, 5.41) is 5.22. The molecule has 1 amide bonds. The summed E-state index contributed by atoms with van der Waals surface area (Å²) in [6, 6.07) is 11.8. The van der Waals surface area contributed by atoms with Gasteiger partial charge in [0.15, 0.2) is 4.80 Å². The third-order valence-corrected chi connectivity index (χ3v) is 7.41. The predicted octanol–water partition coefficient (Wildman–Crippen LogP) is 2.53. The van der Waals surface area contributed by atoms with E-state index >= 15 is 0 Å². The minimum atomic E-state index is -3.90. The lowest BCUT2D eigenvalue weighted by atomic mass is 10.3. The molecule has 2 N–H and O–H groups in total. The van der Waals surface area contributed by atoms with Crippen LogP contribution in [0.2, 0.25) is 0 Å². The number of rotatable bonds is 9. The van der Waals surface area contributed by atoms with E-state index in [1.165, 1.54) is 30.0 Å². The summed E-state index contributed by atoms with van der Waals surface area (Å²) in [5.74, 6) is 0.433. The summed E-state index contributed by atoms with van der Waals surface area (Å²) < 4.78 is 35.6. The number of ether oxygens (including phenoxy) is 2. The van der Waals surface area contributed by atoms with Gasteiger partial charge in [0, 0.05) is 17.1 Å². The fraction of sp³-hybridized carbons (Fsp3) is 0.286. The molecule has 3 rings (SSSR count). The Labute approximate surface area is 199 Å². The van der Waals surface area contributed by atoms with E-state index in [2.05, 4.69) is 4.99 Å². The van der Waals surface area contributed by atoms with E-state index in [-0.39, 0.29) is 35.2 Å². The van der Waals surface area contributed by atoms with Gasteiger partial charge in [-0.2, -0.15) is 4.99 Å². The van der Waals surface area contributed by atoms with Crippen molar-refractivity contribution in [3.05, 3.63) is 47.3 Å². The maximum Gasteiger partial charge on any atom is 0.326 e. The molecule has 9 nitrogen and oxygen atoms in total. The average Bonchev–Trinajstić information content (AvgIpc) is 3.09. The molecule has 0 bridgehead atoms. The van der Waals surface area contributed by atoms with Crippen molar-refractivity contribution < 1.29 is 27.5 Å². The maximum absolute atomic E-state index is 12.5. The number of hydrogen-bond donors (Lipinski definition) is 1. The van der Waals surface area contributed by atoms with Crippen LogP contribution in [-0.2, 0) is 30.9 Å². The van der Waals surface area contributed by atoms with Crippen molar-refractivity contribution in [2.45, 2.75) is 29.7 Å². The average molecular weight is 510 g/mol. The van der Waals surface area contributed by atoms with Crippen LogP contribution in [0.4, 0.5) is 0 Å². The molecule has 3 aromatic rings. The molecule has 0 fully saturated rings. The largest absolute Gasteiger partial charge is 0.497 e. The number of hydrogen-bond acceptors (Lipinski definition) is 8. The van der Waals surface area contributed by atoms with Gasteiger partial charge >= 0.3 is 5.97 Å². The predicted molar refractivity (Wildman–Crippen MR) is 127 cm³/mol. The topological polar surface area (TPSA) is 130 Å². The molecule has 1 heterocycles. The van der Waals surface area contributed by atoms with Crippen molar-refractivity contribution in [3.8, 4) is 5.75 Å². The van der Waals surface area contributed by atoms with E-state index in [9.17, 15) is 18.0 Å². The highest BCUT2D eigenvalue weighted by Gasteiger charge is 2.15. The second-order valence-corrected chi connectivity index (χ2v) is 10.5. The quantitative estimate of drug-likeness (QED) is 0.346. The SMILES string of the molecule is CCOC(=O)Cn1c(=NC(=O)CCSc2ccc(OC)cc2)sc2cc(S(N)(=O)=O)ccc21. The molecule has 176 valence electrons. The number of carbonyl (C=O) groups excluding carboxylic acids is 2. The molecule has 0 atom stereocenters. The number of aromatic nitrogens is 1. The van der Waals surface area contributed by atoms with Crippen molar-refractivity contribution in [2.24, 2.45) is 10.1 Å². The van der Waals surface area contributed by atoms with Crippen molar-refractivity contribution >= 4 is 55.2 Å². The first-order chi connectivity index (χ1) is 15.7. The number of fused-ring (bicyclic) bond motifs is 1. The molecular weight excluding hydrogens is 486 g/mol. The van der Waals surface area contributed by atoms with Crippen LogP contribution < -0.4 is 14.7 Å². The maximum atomic E-state index is 12.5. The highest BCUT2D eigenvalue weighted by molar-refractivity contribution is 7.99. The molecule has 0 aliphatic rings. The van der Waals surface area contributed by atoms with E-state index in [0.29, 0.717) is 16.0 Å². The number of sulfonamides is 1. The van der Waals surface area contributed by atoms with Gasteiger partial charge in [0.25, 0.3) is 0 Å². The number of nitrogens with two attached hydrogens (primary N) is 1. The summed E-state index contributed by atoms with van der Waals surface area (Å²) in [6.07, 6.45) is 0.187. The summed E-state index contributed by atoms with van der Waals surface area (Å²) >= 11 is 2.62. The number of esters is 1. The molecule has 12 heteroatoms. The molecular formula is C21H23N3O6S3. The van der Waals surface area contributed by atoms with Crippen LogP contribution in [0.1, 0.15) is 13.3 Å². The number of methoxy groups -OCH3 is 1. The lowest BCUT2D eigenvalue weighted by molar-refractivity contribution is -0.143. The zero-order chi connectivity index (χ0) is 24.0. The van der Waals surface area contributed by atoms with Gasteiger partial charge in [0.2, 0.25) is 15.9 Å². The van der Waals surface area contributed by atoms with Gasteiger partial charge in [-0.05, 0) is 49.4 Å². The van der Waals surface area contributed by atoms with Gasteiger partial charge < -0.3 is 14.0 Å². The van der Waals surface area contributed by atoms with E-state index in [1.54, 1.807) is 18.6 Å². The fourth-order valence-electron chi connectivity index (χ4n) is 2.90. The first-order valence-electron chi connectivity index (χ1n) is 9.87. The van der Waals surface area contributed by atoms with E-state index in [1.807, 2.05) is 24.3 Å².